The molecule has 2 aromatic carbocycles. The summed E-state index contributed by atoms with van der Waals surface area (Å²) in [5.74, 6) is 1.76. The van der Waals surface area contributed by atoms with Crippen molar-refractivity contribution in [3.8, 4) is 11.5 Å². The van der Waals surface area contributed by atoms with Crippen LogP contribution in [0.25, 0.3) is 0 Å². The highest BCUT2D eigenvalue weighted by atomic mass is 16.5. The highest BCUT2D eigenvalue weighted by Gasteiger charge is 2.41. The quantitative estimate of drug-likeness (QED) is 0.375. The van der Waals surface area contributed by atoms with Crippen LogP contribution in [-0.4, -0.2) is 55.6 Å². The van der Waals surface area contributed by atoms with E-state index in [9.17, 15) is 9.90 Å². The summed E-state index contributed by atoms with van der Waals surface area (Å²) in [6.07, 6.45) is 7.79. The molecule has 1 aliphatic carbocycles. The number of nitrogens with zero attached hydrogens (tertiary/aromatic N) is 2. The van der Waals surface area contributed by atoms with Gasteiger partial charge in [0.15, 0.2) is 11.5 Å². The van der Waals surface area contributed by atoms with E-state index in [1.54, 1.807) is 19.2 Å². The predicted octanol–water partition coefficient (Wildman–Crippen LogP) is 4.94. The number of fused-ring (bicyclic) bond motifs is 1. The molecule has 0 radical (unpaired) electrons. The van der Waals surface area contributed by atoms with Crippen LogP contribution in [-0.2, 0) is 4.79 Å². The third-order valence-corrected chi connectivity index (χ3v) is 7.59. The van der Waals surface area contributed by atoms with Crippen molar-refractivity contribution in [2.75, 3.05) is 33.9 Å². The number of nitrogens with one attached hydrogen (secondary N) is 1. The molecule has 1 aliphatic heterocycles. The molecule has 7 nitrogen and oxygen atoms in total. The molecule has 200 valence electrons. The van der Waals surface area contributed by atoms with E-state index in [4.69, 9.17) is 14.6 Å². The zero-order chi connectivity index (χ0) is 26.0. The molecule has 4 rings (SSSR count). The number of benzene rings is 2. The van der Waals surface area contributed by atoms with Gasteiger partial charge in [-0.3, -0.25) is 4.79 Å². The standard InChI is InChI=1S/C30H41N3O4/c1-36-27-17-16-23(20-28(27)37-2)29-24-14-8-9-15-25(24)30(35)33(32-29)19-11-4-3-10-18-31-21-26(34)22-12-6-5-7-13-22/h5-7,12-13,16-17,20,24-26,31,34H,3-4,8-11,14-15,18-19,21H2,1-2H3/t24-,25+,26?/m1/s1. The number of methoxy groups -OCH3 is 2. The number of unbranched alkanes of at least 4 members (excludes halogenated alkanes) is 3. The second-order valence-electron chi connectivity index (χ2n) is 10.1. The van der Waals surface area contributed by atoms with Gasteiger partial charge in [0.2, 0.25) is 5.91 Å². The normalized spacial score (nSPS) is 20.2. The Hall–Kier alpha value is -2.90. The maximum absolute atomic E-state index is 13.3. The van der Waals surface area contributed by atoms with E-state index in [0.29, 0.717) is 24.6 Å². The number of aliphatic hydroxyl groups is 1. The van der Waals surface area contributed by atoms with Crippen molar-refractivity contribution >= 4 is 11.6 Å². The van der Waals surface area contributed by atoms with E-state index in [1.165, 1.54) is 0 Å². The fraction of sp³-hybridized carbons (Fsp3) is 0.533. The first-order chi connectivity index (χ1) is 18.1. The van der Waals surface area contributed by atoms with Crippen molar-refractivity contribution in [1.29, 1.82) is 0 Å². The van der Waals surface area contributed by atoms with Gasteiger partial charge in [0.1, 0.15) is 0 Å². The Kier molecular flexibility index (Phi) is 9.97. The van der Waals surface area contributed by atoms with Gasteiger partial charge in [0, 0.05) is 30.5 Å². The van der Waals surface area contributed by atoms with E-state index < -0.39 is 6.10 Å². The first-order valence-corrected chi connectivity index (χ1v) is 13.7. The molecule has 1 fully saturated rings. The van der Waals surface area contributed by atoms with Gasteiger partial charge >= 0.3 is 0 Å². The van der Waals surface area contributed by atoms with Crippen LogP contribution in [0.5, 0.6) is 11.5 Å². The third-order valence-electron chi connectivity index (χ3n) is 7.59. The Bertz CT molecular complexity index is 1040. The Morgan fingerprint density at radius 1 is 0.973 bits per heavy atom. The first kappa shape index (κ1) is 27.1. The van der Waals surface area contributed by atoms with E-state index in [2.05, 4.69) is 5.32 Å². The zero-order valence-electron chi connectivity index (χ0n) is 22.2. The number of hydrogen-bond donors (Lipinski definition) is 2. The zero-order valence-corrected chi connectivity index (χ0v) is 22.2. The van der Waals surface area contributed by atoms with E-state index in [1.807, 2.05) is 48.5 Å². The fourth-order valence-corrected chi connectivity index (χ4v) is 5.52. The van der Waals surface area contributed by atoms with Gasteiger partial charge in [-0.15, -0.1) is 0 Å². The van der Waals surface area contributed by atoms with Crippen LogP contribution in [0.3, 0.4) is 0 Å². The maximum Gasteiger partial charge on any atom is 0.246 e. The van der Waals surface area contributed by atoms with Gasteiger partial charge in [0.25, 0.3) is 0 Å². The summed E-state index contributed by atoms with van der Waals surface area (Å²) in [5, 5.41) is 20.2. The summed E-state index contributed by atoms with van der Waals surface area (Å²) in [5.41, 5.74) is 2.96. The summed E-state index contributed by atoms with van der Waals surface area (Å²) in [6, 6.07) is 15.7. The molecule has 1 heterocycles. The van der Waals surface area contributed by atoms with E-state index in [0.717, 1.165) is 74.7 Å². The minimum Gasteiger partial charge on any atom is -0.493 e. The fourth-order valence-electron chi connectivity index (χ4n) is 5.52. The molecule has 2 aromatic rings. The van der Waals surface area contributed by atoms with Crippen molar-refractivity contribution in [1.82, 2.24) is 10.3 Å². The number of hydrazone groups is 1. The molecule has 37 heavy (non-hydrogen) atoms. The lowest BCUT2D eigenvalue weighted by atomic mass is 9.73. The molecule has 2 aliphatic rings. The molecule has 0 spiro atoms. The molecule has 0 saturated heterocycles. The SMILES string of the molecule is COc1ccc(C2=NN(CCCCCCNCC(O)c3ccccc3)C(=O)[C@H]3CCCC[C@@H]23)cc1OC. The summed E-state index contributed by atoms with van der Waals surface area (Å²) < 4.78 is 10.9. The highest BCUT2D eigenvalue weighted by Crippen LogP contribution is 2.39. The average Bonchev–Trinajstić information content (AvgIpc) is 2.95. The monoisotopic (exact) mass is 507 g/mol. The van der Waals surface area contributed by atoms with Crippen LogP contribution < -0.4 is 14.8 Å². The molecule has 1 amide bonds. The van der Waals surface area contributed by atoms with Gasteiger partial charge in [-0.1, -0.05) is 56.0 Å². The first-order valence-electron chi connectivity index (χ1n) is 13.7. The molecule has 1 unspecified atom stereocenters. The second-order valence-corrected chi connectivity index (χ2v) is 10.1. The molecule has 3 atom stereocenters. The van der Waals surface area contributed by atoms with Crippen molar-refractivity contribution in [2.45, 2.75) is 57.5 Å². The maximum atomic E-state index is 13.3. The van der Waals surface area contributed by atoms with Gasteiger partial charge in [0.05, 0.1) is 26.0 Å². The van der Waals surface area contributed by atoms with Crippen LogP contribution in [0, 0.1) is 11.8 Å². The van der Waals surface area contributed by atoms with Crippen molar-refractivity contribution in [3.63, 3.8) is 0 Å². The van der Waals surface area contributed by atoms with Gasteiger partial charge in [-0.05, 0) is 56.0 Å². The molecule has 0 aromatic heterocycles. The smallest absolute Gasteiger partial charge is 0.246 e. The summed E-state index contributed by atoms with van der Waals surface area (Å²) >= 11 is 0. The van der Waals surface area contributed by atoms with Gasteiger partial charge in [-0.25, -0.2) is 5.01 Å². The molecule has 0 bridgehead atoms. The third kappa shape index (κ3) is 6.90. The minimum atomic E-state index is -0.479. The van der Waals surface area contributed by atoms with Crippen LogP contribution in [0.15, 0.2) is 53.6 Å². The van der Waals surface area contributed by atoms with Crippen LogP contribution in [0.2, 0.25) is 0 Å². The lowest BCUT2D eigenvalue weighted by Crippen LogP contribution is -2.46. The Labute approximate surface area is 220 Å². The van der Waals surface area contributed by atoms with Crippen LogP contribution in [0.4, 0.5) is 0 Å². The number of ether oxygens (including phenoxy) is 2. The average molecular weight is 508 g/mol. The van der Waals surface area contributed by atoms with E-state index >= 15 is 0 Å². The van der Waals surface area contributed by atoms with Crippen molar-refractivity contribution < 1.29 is 19.4 Å². The summed E-state index contributed by atoms with van der Waals surface area (Å²) in [6.45, 7) is 2.08. The number of hydrogen-bond acceptors (Lipinski definition) is 6. The lowest BCUT2D eigenvalue weighted by molar-refractivity contribution is -0.139. The number of rotatable bonds is 13. The minimum absolute atomic E-state index is 0.0228. The Balaban J connectivity index is 1.28. The lowest BCUT2D eigenvalue weighted by Gasteiger charge is -2.38. The van der Waals surface area contributed by atoms with Crippen LogP contribution in [0.1, 0.15) is 68.6 Å². The molecular formula is C30H41N3O4. The van der Waals surface area contributed by atoms with Gasteiger partial charge in [-0.2, -0.15) is 5.10 Å². The van der Waals surface area contributed by atoms with Gasteiger partial charge < -0.3 is 19.9 Å². The highest BCUT2D eigenvalue weighted by molar-refractivity contribution is 6.07. The second kappa shape index (κ2) is 13.6. The van der Waals surface area contributed by atoms with E-state index in [-0.39, 0.29) is 17.7 Å². The number of amides is 1. The molecule has 1 saturated carbocycles. The topological polar surface area (TPSA) is 83.4 Å². The predicted molar refractivity (Wildman–Crippen MR) is 146 cm³/mol. The largest absolute Gasteiger partial charge is 0.493 e. The Morgan fingerprint density at radius 2 is 1.70 bits per heavy atom. The summed E-state index contributed by atoms with van der Waals surface area (Å²) in [7, 11) is 3.28. The molecular weight excluding hydrogens is 466 g/mol. The number of carbonyl (C=O) groups is 1. The van der Waals surface area contributed by atoms with Crippen molar-refractivity contribution in [2.24, 2.45) is 16.9 Å². The van der Waals surface area contributed by atoms with Crippen molar-refractivity contribution in [3.05, 3.63) is 59.7 Å². The number of aliphatic hydroxyl groups excluding tert-OH is 1. The van der Waals surface area contributed by atoms with Crippen LogP contribution >= 0.6 is 0 Å². The number of carbonyl (C=O) groups excluding carboxylic acids is 1. The Morgan fingerprint density at radius 3 is 2.46 bits per heavy atom. The molecule has 2 N–H and O–H groups in total. The summed E-state index contributed by atoms with van der Waals surface area (Å²) in [4.78, 5) is 13.3. The molecule has 7 heteroatoms.